The van der Waals surface area contributed by atoms with Crippen LogP contribution in [0.15, 0.2) is 48.6 Å². The molecule has 0 aliphatic heterocycles. The summed E-state index contributed by atoms with van der Waals surface area (Å²) < 4.78 is 33.8. The van der Waals surface area contributed by atoms with Crippen molar-refractivity contribution in [2.45, 2.75) is 167 Å². The molecule has 0 saturated carbocycles. The third-order valence-electron chi connectivity index (χ3n) is 10.1. The maximum atomic E-state index is 12.8. The number of nitrogens with zero attached hydrogens (tertiary/aromatic N) is 1. The number of unbranched alkanes of at least 4 members (excludes halogenated alkanes) is 14. The summed E-state index contributed by atoms with van der Waals surface area (Å²) in [5.74, 6) is -1.23. The van der Waals surface area contributed by atoms with E-state index in [-0.39, 0.29) is 43.7 Å². The average molecular weight is 838 g/mol. The van der Waals surface area contributed by atoms with Gasteiger partial charge in [-0.2, -0.15) is 0 Å². The van der Waals surface area contributed by atoms with E-state index in [9.17, 15) is 28.9 Å². The van der Waals surface area contributed by atoms with Gasteiger partial charge in [0.1, 0.15) is 19.8 Å². The number of hydrogen-bond donors (Lipinski definition) is 1. The van der Waals surface area contributed by atoms with Crippen LogP contribution >= 0.6 is 7.82 Å². The quantitative estimate of drug-likeness (QED) is 0.0211. The molecule has 12 heteroatoms. The second-order valence-corrected chi connectivity index (χ2v) is 18.1. The van der Waals surface area contributed by atoms with Crippen LogP contribution in [0, 0.1) is 11.8 Å². The molecule has 1 unspecified atom stereocenters. The van der Waals surface area contributed by atoms with Crippen molar-refractivity contribution in [2.75, 3.05) is 47.5 Å². The third-order valence-corrected chi connectivity index (χ3v) is 11.0. The van der Waals surface area contributed by atoms with Crippen LogP contribution in [0.5, 0.6) is 0 Å². The molecule has 0 heterocycles. The summed E-state index contributed by atoms with van der Waals surface area (Å²) in [5, 5.41) is 10.2. The van der Waals surface area contributed by atoms with E-state index in [0.29, 0.717) is 43.1 Å². The molecule has 1 rings (SSSR count). The number of ether oxygens (including phenoxy) is 2. The Bertz CT molecular complexity index is 1270. The summed E-state index contributed by atoms with van der Waals surface area (Å²) in [6.45, 7) is 3.87. The summed E-state index contributed by atoms with van der Waals surface area (Å²) in [6, 6.07) is 0. The van der Waals surface area contributed by atoms with E-state index in [1.54, 1.807) is 12.2 Å². The number of likely N-dealkylation sites (N-methyl/N-ethyl adjacent to an activating group) is 1. The number of aliphatic hydroxyl groups is 1. The van der Waals surface area contributed by atoms with E-state index in [4.69, 9.17) is 18.5 Å². The SMILES string of the molecule is CCCCCCCC/C=C\CCCCCCCC(=O)OC[C@H](COP(=O)([O-])OCC[N+](C)(C)C)OC(=O)CCC/C=C\C[C@H]1C=CC(=O)[C@@H]1/C=C/[C@@H](O)CCCCC. The van der Waals surface area contributed by atoms with Crippen LogP contribution in [0.25, 0.3) is 0 Å². The summed E-state index contributed by atoms with van der Waals surface area (Å²) in [4.78, 5) is 50.1. The van der Waals surface area contributed by atoms with Crippen LogP contribution in [-0.2, 0) is 37.5 Å². The van der Waals surface area contributed by atoms with Crippen LogP contribution in [-0.4, -0.2) is 87.0 Å². The lowest BCUT2D eigenvalue weighted by Crippen LogP contribution is -2.37. The van der Waals surface area contributed by atoms with Gasteiger partial charge in [0.15, 0.2) is 11.9 Å². The zero-order chi connectivity index (χ0) is 42.9. The van der Waals surface area contributed by atoms with Crippen LogP contribution in [0.2, 0.25) is 0 Å². The maximum Gasteiger partial charge on any atom is 0.306 e. The van der Waals surface area contributed by atoms with Crippen molar-refractivity contribution in [2.24, 2.45) is 11.8 Å². The highest BCUT2D eigenvalue weighted by molar-refractivity contribution is 7.45. The third kappa shape index (κ3) is 30.6. The molecule has 0 spiro atoms. The Morgan fingerprint density at radius 1 is 0.793 bits per heavy atom. The lowest BCUT2D eigenvalue weighted by Gasteiger charge is -2.28. The van der Waals surface area contributed by atoms with Crippen molar-refractivity contribution in [3.63, 3.8) is 0 Å². The van der Waals surface area contributed by atoms with Crippen molar-refractivity contribution in [1.82, 2.24) is 0 Å². The first kappa shape index (κ1) is 53.6. The van der Waals surface area contributed by atoms with E-state index in [2.05, 4.69) is 26.0 Å². The molecule has 11 nitrogen and oxygen atoms in total. The van der Waals surface area contributed by atoms with Crippen molar-refractivity contribution in [3.8, 4) is 0 Å². The highest BCUT2D eigenvalue weighted by Gasteiger charge is 2.27. The standard InChI is InChI=1S/C46H80NO10P/c1-6-8-10-11-12-13-14-15-16-17-18-19-20-21-26-30-45(50)54-38-42(39-56-58(52,53)55-37-36-47(3,4)5)57-46(51)31-27-23-22-25-28-40-32-35-44(49)43(40)34-33-41(48)29-24-9-7-2/h15-16,22,25,32-35,40-43,48H,6-14,17-21,23-24,26-31,36-39H2,1-5H3/b16-15-,25-22-,34-33+/t40-,41-,42+,43+/m0/s1. The molecule has 334 valence electrons. The first-order valence-corrected chi connectivity index (χ1v) is 23.9. The molecule has 58 heavy (non-hydrogen) atoms. The molecule has 0 saturated heterocycles. The molecule has 5 atom stereocenters. The predicted molar refractivity (Wildman–Crippen MR) is 231 cm³/mol. The molecule has 0 aromatic heterocycles. The molecular weight excluding hydrogens is 757 g/mol. The van der Waals surface area contributed by atoms with E-state index >= 15 is 0 Å². The van der Waals surface area contributed by atoms with E-state index in [0.717, 1.165) is 57.8 Å². The molecule has 1 aliphatic carbocycles. The Morgan fingerprint density at radius 2 is 1.38 bits per heavy atom. The van der Waals surface area contributed by atoms with Gasteiger partial charge in [-0.25, -0.2) is 0 Å². The number of quaternary nitrogens is 1. The molecular formula is C46H80NO10P. The van der Waals surface area contributed by atoms with Gasteiger partial charge in [0.2, 0.25) is 0 Å². The minimum absolute atomic E-state index is 0.0154. The van der Waals surface area contributed by atoms with Crippen molar-refractivity contribution in [1.29, 1.82) is 0 Å². The van der Waals surface area contributed by atoms with Crippen LogP contribution in [0.3, 0.4) is 0 Å². The van der Waals surface area contributed by atoms with Crippen molar-refractivity contribution in [3.05, 3.63) is 48.6 Å². The predicted octanol–water partition coefficient (Wildman–Crippen LogP) is 9.67. The Labute approximate surface area is 351 Å². The van der Waals surface area contributed by atoms with Gasteiger partial charge in [-0.15, -0.1) is 0 Å². The number of carbonyl (C=O) groups is 3. The molecule has 0 aromatic carbocycles. The molecule has 1 N–H and O–H groups in total. The Kier molecular flexibility index (Phi) is 30.8. The number of carbonyl (C=O) groups excluding carboxylic acids is 3. The Balaban J connectivity index is 2.48. The van der Waals surface area contributed by atoms with Gasteiger partial charge in [0, 0.05) is 18.8 Å². The van der Waals surface area contributed by atoms with Crippen molar-refractivity contribution >= 4 is 25.5 Å². The molecule has 0 radical (unpaired) electrons. The number of phosphoric acid groups is 1. The highest BCUT2D eigenvalue weighted by atomic mass is 31.2. The number of hydrogen-bond acceptors (Lipinski definition) is 10. The van der Waals surface area contributed by atoms with Gasteiger partial charge in [0.25, 0.3) is 7.82 Å². The first-order valence-electron chi connectivity index (χ1n) is 22.4. The summed E-state index contributed by atoms with van der Waals surface area (Å²) in [6.07, 6.45) is 34.8. The number of ketones is 1. The molecule has 1 aliphatic rings. The van der Waals surface area contributed by atoms with Gasteiger partial charge in [-0.1, -0.05) is 127 Å². The number of esters is 2. The fourth-order valence-electron chi connectivity index (χ4n) is 6.40. The average Bonchev–Trinajstić information content (AvgIpc) is 3.52. The topological polar surface area (TPSA) is 148 Å². The fraction of sp³-hybridized carbons (Fsp3) is 0.761. The Morgan fingerprint density at radius 3 is 2.05 bits per heavy atom. The molecule has 0 aromatic rings. The molecule has 0 amide bonds. The summed E-state index contributed by atoms with van der Waals surface area (Å²) in [7, 11) is 1.03. The van der Waals surface area contributed by atoms with Crippen LogP contribution < -0.4 is 4.89 Å². The summed E-state index contributed by atoms with van der Waals surface area (Å²) in [5.41, 5.74) is 0. The molecule has 0 bridgehead atoms. The monoisotopic (exact) mass is 838 g/mol. The van der Waals surface area contributed by atoms with Crippen LogP contribution in [0.1, 0.15) is 155 Å². The summed E-state index contributed by atoms with van der Waals surface area (Å²) >= 11 is 0. The first-order chi connectivity index (χ1) is 27.8. The van der Waals surface area contributed by atoms with Crippen LogP contribution in [0.4, 0.5) is 0 Å². The molecule has 0 fully saturated rings. The highest BCUT2D eigenvalue weighted by Crippen LogP contribution is 2.38. The van der Waals surface area contributed by atoms with E-state index in [1.807, 2.05) is 45.4 Å². The minimum atomic E-state index is -4.68. The van der Waals surface area contributed by atoms with Gasteiger partial charge in [0.05, 0.1) is 33.9 Å². The zero-order valence-corrected chi connectivity index (χ0v) is 37.7. The van der Waals surface area contributed by atoms with Gasteiger partial charge < -0.3 is 33.0 Å². The normalized spacial score (nSPS) is 18.1. The lowest BCUT2D eigenvalue weighted by molar-refractivity contribution is -0.870. The maximum absolute atomic E-state index is 12.8. The van der Waals surface area contributed by atoms with E-state index < -0.39 is 38.6 Å². The van der Waals surface area contributed by atoms with Gasteiger partial charge in [-0.05, 0) is 69.8 Å². The largest absolute Gasteiger partial charge is 0.756 e. The minimum Gasteiger partial charge on any atom is -0.756 e. The smallest absolute Gasteiger partial charge is 0.306 e. The lowest BCUT2D eigenvalue weighted by atomic mass is 9.90. The van der Waals surface area contributed by atoms with Gasteiger partial charge >= 0.3 is 11.9 Å². The Hall–Kier alpha value is -2.40. The zero-order valence-electron chi connectivity index (χ0n) is 36.8. The second kappa shape index (κ2) is 33.3. The number of phosphoric ester groups is 1. The second-order valence-electron chi connectivity index (χ2n) is 16.7. The van der Waals surface area contributed by atoms with Gasteiger partial charge in [-0.3, -0.25) is 18.9 Å². The van der Waals surface area contributed by atoms with Crippen molar-refractivity contribution < 1.29 is 52.0 Å². The fourth-order valence-corrected chi connectivity index (χ4v) is 7.13. The number of allylic oxidation sites excluding steroid dienone is 7. The number of rotatable bonds is 37. The number of aliphatic hydroxyl groups excluding tert-OH is 1. The van der Waals surface area contributed by atoms with E-state index in [1.165, 1.54) is 38.5 Å².